The Morgan fingerprint density at radius 1 is 0.800 bits per heavy atom. The van der Waals surface area contributed by atoms with E-state index in [2.05, 4.69) is 5.32 Å². The zero-order valence-corrected chi connectivity index (χ0v) is 17.0. The summed E-state index contributed by atoms with van der Waals surface area (Å²) in [6, 6.07) is 24.3. The van der Waals surface area contributed by atoms with Crippen molar-refractivity contribution in [2.24, 2.45) is 0 Å². The van der Waals surface area contributed by atoms with Gasteiger partial charge in [-0.25, -0.2) is 0 Å². The number of ketones is 1. The molecule has 5 nitrogen and oxygen atoms in total. The van der Waals surface area contributed by atoms with Crippen molar-refractivity contribution in [1.29, 1.82) is 0 Å². The molecule has 30 heavy (non-hydrogen) atoms. The van der Waals surface area contributed by atoms with Crippen LogP contribution in [0.3, 0.4) is 0 Å². The first kappa shape index (κ1) is 19.9. The minimum absolute atomic E-state index is 0.107. The van der Waals surface area contributed by atoms with Crippen molar-refractivity contribution < 1.29 is 14.4 Å². The van der Waals surface area contributed by atoms with Crippen LogP contribution in [0.15, 0.2) is 84.9 Å². The van der Waals surface area contributed by atoms with Crippen molar-refractivity contribution in [2.75, 3.05) is 16.9 Å². The van der Waals surface area contributed by atoms with Crippen molar-refractivity contribution in [3.05, 3.63) is 102 Å². The normalized spacial score (nSPS) is 15.6. The number of carbonyl (C=O) groups is 3. The largest absolute Gasteiger partial charge is 0.324 e. The van der Waals surface area contributed by atoms with Crippen molar-refractivity contribution >= 4 is 35.0 Å². The molecule has 3 aromatic carbocycles. The van der Waals surface area contributed by atoms with Crippen LogP contribution in [0.4, 0.5) is 5.69 Å². The first-order chi connectivity index (χ1) is 14.6. The Hall–Kier alpha value is -3.38. The van der Waals surface area contributed by atoms with E-state index < -0.39 is 6.04 Å². The van der Waals surface area contributed by atoms with Crippen LogP contribution in [0.5, 0.6) is 0 Å². The van der Waals surface area contributed by atoms with Crippen molar-refractivity contribution in [1.82, 2.24) is 4.90 Å². The van der Waals surface area contributed by atoms with E-state index in [-0.39, 0.29) is 17.6 Å². The van der Waals surface area contributed by atoms with Gasteiger partial charge in [-0.05, 0) is 24.3 Å². The molecule has 1 fully saturated rings. The second-order valence-corrected chi connectivity index (χ2v) is 7.92. The van der Waals surface area contributed by atoms with Crippen LogP contribution in [0, 0.1) is 0 Å². The summed E-state index contributed by atoms with van der Waals surface area (Å²) in [5.41, 5.74) is 2.18. The van der Waals surface area contributed by atoms with Gasteiger partial charge in [-0.1, -0.05) is 60.7 Å². The summed E-state index contributed by atoms with van der Waals surface area (Å²) < 4.78 is 0. The third-order valence-corrected chi connectivity index (χ3v) is 5.91. The van der Waals surface area contributed by atoms with Crippen molar-refractivity contribution in [2.45, 2.75) is 6.04 Å². The topological polar surface area (TPSA) is 66.5 Å². The molecule has 1 saturated heterocycles. The molecule has 3 aromatic rings. The summed E-state index contributed by atoms with van der Waals surface area (Å²) in [5.74, 6) is 0.483. The van der Waals surface area contributed by atoms with Crippen LogP contribution < -0.4 is 5.32 Å². The lowest BCUT2D eigenvalue weighted by atomic mass is 10.0. The van der Waals surface area contributed by atoms with Gasteiger partial charge in [0.05, 0.1) is 5.88 Å². The SMILES string of the molecule is O=C(c1ccccc1)c1cccc(NC(=O)C2CSCN2C(=O)c2ccccc2)c1. The van der Waals surface area contributed by atoms with E-state index in [0.29, 0.717) is 34.0 Å². The number of benzene rings is 3. The molecular weight excluding hydrogens is 396 g/mol. The summed E-state index contributed by atoms with van der Waals surface area (Å²) in [6.45, 7) is 0. The van der Waals surface area contributed by atoms with E-state index in [4.69, 9.17) is 0 Å². The van der Waals surface area contributed by atoms with E-state index in [1.807, 2.05) is 24.3 Å². The van der Waals surface area contributed by atoms with Crippen LogP contribution in [0.25, 0.3) is 0 Å². The highest BCUT2D eigenvalue weighted by Gasteiger charge is 2.35. The monoisotopic (exact) mass is 416 g/mol. The predicted molar refractivity (Wildman–Crippen MR) is 119 cm³/mol. The molecule has 0 spiro atoms. The molecule has 1 atom stereocenters. The molecule has 150 valence electrons. The smallest absolute Gasteiger partial charge is 0.255 e. The lowest BCUT2D eigenvalue weighted by Crippen LogP contribution is -2.44. The average Bonchev–Trinajstić information content (AvgIpc) is 3.29. The molecule has 1 aliphatic rings. The third-order valence-electron chi connectivity index (χ3n) is 4.89. The molecule has 0 aliphatic carbocycles. The maximum absolute atomic E-state index is 12.9. The van der Waals surface area contributed by atoms with Gasteiger partial charge < -0.3 is 10.2 Å². The van der Waals surface area contributed by atoms with E-state index in [1.165, 1.54) is 0 Å². The molecule has 1 unspecified atom stereocenters. The second-order valence-electron chi connectivity index (χ2n) is 6.92. The number of hydrogen-bond donors (Lipinski definition) is 1. The zero-order chi connectivity index (χ0) is 20.9. The highest BCUT2D eigenvalue weighted by molar-refractivity contribution is 7.99. The number of amides is 2. The maximum Gasteiger partial charge on any atom is 0.255 e. The second kappa shape index (κ2) is 8.97. The number of anilines is 1. The number of thioether (sulfide) groups is 1. The zero-order valence-electron chi connectivity index (χ0n) is 16.2. The van der Waals surface area contributed by atoms with Crippen molar-refractivity contribution in [3.8, 4) is 0 Å². The number of hydrogen-bond acceptors (Lipinski definition) is 4. The average molecular weight is 417 g/mol. The summed E-state index contributed by atoms with van der Waals surface area (Å²) in [7, 11) is 0. The van der Waals surface area contributed by atoms with E-state index >= 15 is 0 Å². The Bertz CT molecular complexity index is 1070. The third kappa shape index (κ3) is 4.28. The van der Waals surface area contributed by atoms with Gasteiger partial charge in [-0.2, -0.15) is 0 Å². The molecule has 1 aliphatic heterocycles. The summed E-state index contributed by atoms with van der Waals surface area (Å²) in [5, 5.41) is 2.87. The summed E-state index contributed by atoms with van der Waals surface area (Å²) >= 11 is 1.55. The van der Waals surface area contributed by atoms with E-state index in [0.717, 1.165) is 0 Å². The number of nitrogens with one attached hydrogen (secondary N) is 1. The standard InChI is InChI=1S/C24H20N2O3S/c27-22(17-8-3-1-4-9-17)19-12-7-13-20(14-19)25-23(28)21-15-30-16-26(21)24(29)18-10-5-2-6-11-18/h1-14,21H,15-16H2,(H,25,28). The molecule has 1 heterocycles. The fraction of sp³-hybridized carbons (Fsp3) is 0.125. The Morgan fingerprint density at radius 3 is 2.13 bits per heavy atom. The maximum atomic E-state index is 12.9. The van der Waals surface area contributed by atoms with Gasteiger partial charge in [0, 0.05) is 28.1 Å². The van der Waals surface area contributed by atoms with Gasteiger partial charge in [-0.3, -0.25) is 14.4 Å². The van der Waals surface area contributed by atoms with Crippen molar-refractivity contribution in [3.63, 3.8) is 0 Å². The number of carbonyl (C=O) groups excluding carboxylic acids is 3. The predicted octanol–water partition coefficient (Wildman–Crippen LogP) is 4.07. The molecule has 2 amide bonds. The molecule has 1 N–H and O–H groups in total. The Balaban J connectivity index is 1.48. The van der Waals surface area contributed by atoms with Gasteiger partial charge in [0.15, 0.2) is 5.78 Å². The van der Waals surface area contributed by atoms with Crippen LogP contribution in [0.1, 0.15) is 26.3 Å². The molecule has 0 radical (unpaired) electrons. The van der Waals surface area contributed by atoms with Gasteiger partial charge >= 0.3 is 0 Å². The van der Waals surface area contributed by atoms with Gasteiger partial charge in [-0.15, -0.1) is 11.8 Å². The van der Waals surface area contributed by atoms with Gasteiger partial charge in [0.1, 0.15) is 6.04 Å². The summed E-state index contributed by atoms with van der Waals surface area (Å²) in [6.07, 6.45) is 0. The molecule has 6 heteroatoms. The Kier molecular flexibility index (Phi) is 5.95. The number of nitrogens with zero attached hydrogens (tertiary/aromatic N) is 1. The summed E-state index contributed by atoms with van der Waals surface area (Å²) in [4.78, 5) is 40.0. The van der Waals surface area contributed by atoms with Crippen LogP contribution in [-0.2, 0) is 4.79 Å². The quantitative estimate of drug-likeness (QED) is 0.637. The first-order valence-corrected chi connectivity index (χ1v) is 10.7. The highest BCUT2D eigenvalue weighted by Crippen LogP contribution is 2.25. The Morgan fingerprint density at radius 2 is 1.43 bits per heavy atom. The van der Waals surface area contributed by atoms with Gasteiger partial charge in [0.25, 0.3) is 5.91 Å². The van der Waals surface area contributed by atoms with E-state index in [9.17, 15) is 14.4 Å². The minimum Gasteiger partial charge on any atom is -0.324 e. The van der Waals surface area contributed by atoms with Crippen LogP contribution >= 0.6 is 11.8 Å². The molecule has 4 rings (SSSR count). The van der Waals surface area contributed by atoms with Crippen LogP contribution in [0.2, 0.25) is 0 Å². The van der Waals surface area contributed by atoms with E-state index in [1.54, 1.807) is 77.3 Å². The Labute approximate surface area is 179 Å². The lowest BCUT2D eigenvalue weighted by molar-refractivity contribution is -0.119. The molecular formula is C24H20N2O3S. The molecule has 0 aromatic heterocycles. The molecule has 0 bridgehead atoms. The van der Waals surface area contributed by atoms with Gasteiger partial charge in [0.2, 0.25) is 5.91 Å². The fourth-order valence-corrected chi connectivity index (χ4v) is 4.48. The fourth-order valence-electron chi connectivity index (χ4n) is 3.33. The number of rotatable bonds is 5. The first-order valence-electron chi connectivity index (χ1n) is 9.58. The highest BCUT2D eigenvalue weighted by atomic mass is 32.2. The molecule has 0 saturated carbocycles. The van der Waals surface area contributed by atoms with Crippen LogP contribution in [-0.4, -0.2) is 40.2 Å². The minimum atomic E-state index is -0.559. The lowest BCUT2D eigenvalue weighted by Gasteiger charge is -2.23.